The summed E-state index contributed by atoms with van der Waals surface area (Å²) in [6.07, 6.45) is 5.04. The van der Waals surface area contributed by atoms with Crippen molar-refractivity contribution >= 4 is 6.03 Å². The summed E-state index contributed by atoms with van der Waals surface area (Å²) < 4.78 is 0. The van der Waals surface area contributed by atoms with Crippen LogP contribution < -0.4 is 5.32 Å². The van der Waals surface area contributed by atoms with Gasteiger partial charge in [-0.3, -0.25) is 0 Å². The molecule has 4 unspecified atom stereocenters. The quantitative estimate of drug-likeness (QED) is 0.793. The molecule has 0 radical (unpaired) electrons. The van der Waals surface area contributed by atoms with Crippen LogP contribution in [0.2, 0.25) is 0 Å². The summed E-state index contributed by atoms with van der Waals surface area (Å²) in [6.45, 7) is 1.01. The summed E-state index contributed by atoms with van der Waals surface area (Å²) >= 11 is 0. The number of aliphatic hydroxyl groups excluding tert-OH is 1. The van der Waals surface area contributed by atoms with Crippen molar-refractivity contribution in [1.82, 2.24) is 10.2 Å². The fourth-order valence-electron chi connectivity index (χ4n) is 4.96. The minimum Gasteiger partial charge on any atom is -0.396 e. The van der Waals surface area contributed by atoms with Crippen molar-refractivity contribution in [1.29, 1.82) is 0 Å². The Morgan fingerprint density at radius 1 is 1.07 bits per heavy atom. The fourth-order valence-corrected chi connectivity index (χ4v) is 4.96. The summed E-state index contributed by atoms with van der Waals surface area (Å²) in [5, 5.41) is 13.0. The molecule has 4 nitrogen and oxygen atoms in total. The van der Waals surface area contributed by atoms with E-state index in [4.69, 9.17) is 0 Å². The smallest absolute Gasteiger partial charge is 0.318 e. The number of piperidine rings is 2. The van der Waals surface area contributed by atoms with Gasteiger partial charge in [0.2, 0.25) is 0 Å². The van der Waals surface area contributed by atoms with Gasteiger partial charge in [0.1, 0.15) is 0 Å². The predicted molar refractivity (Wildman–Crippen MR) is 111 cm³/mol. The number of hydrogen-bond donors (Lipinski definition) is 2. The van der Waals surface area contributed by atoms with Crippen molar-refractivity contribution in [2.24, 2.45) is 11.8 Å². The third kappa shape index (κ3) is 4.22. The van der Waals surface area contributed by atoms with Gasteiger partial charge in [0.05, 0.1) is 6.04 Å². The Morgan fingerprint density at radius 2 is 1.79 bits per heavy atom. The Balaban J connectivity index is 1.46. The van der Waals surface area contributed by atoms with Crippen LogP contribution in [0.25, 0.3) is 0 Å². The number of rotatable bonds is 6. The third-order valence-electron chi connectivity index (χ3n) is 6.47. The second-order valence-electron chi connectivity index (χ2n) is 8.28. The van der Waals surface area contributed by atoms with Gasteiger partial charge in [-0.25, -0.2) is 4.79 Å². The first kappa shape index (κ1) is 19.0. The molecule has 2 heterocycles. The first-order valence-electron chi connectivity index (χ1n) is 10.5. The highest BCUT2D eigenvalue weighted by molar-refractivity contribution is 5.75. The number of carbonyl (C=O) groups excluding carboxylic acids is 1. The Kier molecular flexibility index (Phi) is 5.96. The van der Waals surface area contributed by atoms with E-state index in [2.05, 4.69) is 41.7 Å². The Bertz CT molecular complexity index is 765. The topological polar surface area (TPSA) is 52.6 Å². The first-order valence-corrected chi connectivity index (χ1v) is 10.5. The maximum Gasteiger partial charge on any atom is 0.318 e. The van der Waals surface area contributed by atoms with Gasteiger partial charge in [-0.2, -0.15) is 0 Å². The molecule has 2 bridgehead atoms. The van der Waals surface area contributed by atoms with Crippen LogP contribution in [-0.4, -0.2) is 35.2 Å². The lowest BCUT2D eigenvalue weighted by atomic mass is 9.73. The zero-order chi connectivity index (χ0) is 19.3. The Labute approximate surface area is 167 Å². The maximum absolute atomic E-state index is 13.2. The Hall–Kier alpha value is -2.33. The lowest BCUT2D eigenvalue weighted by Gasteiger charge is -2.49. The highest BCUT2D eigenvalue weighted by Gasteiger charge is 2.42. The van der Waals surface area contributed by atoms with Crippen LogP contribution in [0.1, 0.15) is 42.9 Å². The third-order valence-corrected chi connectivity index (χ3v) is 6.47. The summed E-state index contributed by atoms with van der Waals surface area (Å²) in [5.74, 6) is 0.769. The summed E-state index contributed by atoms with van der Waals surface area (Å²) in [4.78, 5) is 15.2. The molecule has 0 aromatic heterocycles. The van der Waals surface area contributed by atoms with E-state index in [0.717, 1.165) is 37.8 Å². The van der Waals surface area contributed by atoms with E-state index < -0.39 is 0 Å². The number of urea groups is 1. The number of carbonyl (C=O) groups is 1. The van der Waals surface area contributed by atoms with Gasteiger partial charge in [-0.1, -0.05) is 60.7 Å². The van der Waals surface area contributed by atoms with Crippen molar-refractivity contribution in [2.45, 2.75) is 44.2 Å². The zero-order valence-electron chi connectivity index (χ0n) is 16.3. The van der Waals surface area contributed by atoms with Gasteiger partial charge >= 0.3 is 6.03 Å². The van der Waals surface area contributed by atoms with Crippen LogP contribution in [0.3, 0.4) is 0 Å². The summed E-state index contributed by atoms with van der Waals surface area (Å²) in [5.41, 5.74) is 2.43. The lowest BCUT2D eigenvalue weighted by molar-refractivity contribution is 0.00320. The molecule has 1 saturated carbocycles. The van der Waals surface area contributed by atoms with Crippen LogP contribution in [0.15, 0.2) is 60.7 Å². The number of nitrogens with one attached hydrogen (secondary N) is 1. The predicted octanol–water partition coefficient (Wildman–Crippen LogP) is 4.16. The number of benzene rings is 2. The molecule has 4 heteroatoms. The monoisotopic (exact) mass is 378 g/mol. The number of amides is 2. The lowest BCUT2D eigenvalue weighted by Crippen LogP contribution is -2.58. The van der Waals surface area contributed by atoms with Crippen LogP contribution in [0.5, 0.6) is 0 Å². The molecule has 2 aromatic carbocycles. The average molecular weight is 379 g/mol. The molecule has 2 saturated heterocycles. The van der Waals surface area contributed by atoms with E-state index in [-0.39, 0.29) is 30.6 Å². The van der Waals surface area contributed by atoms with E-state index in [0.29, 0.717) is 5.92 Å². The second-order valence-corrected chi connectivity index (χ2v) is 8.28. The van der Waals surface area contributed by atoms with Crippen LogP contribution in [0.4, 0.5) is 4.79 Å². The number of nitrogens with zero attached hydrogens (tertiary/aromatic N) is 1. The van der Waals surface area contributed by atoms with E-state index >= 15 is 0 Å². The van der Waals surface area contributed by atoms with E-state index in [9.17, 15) is 9.90 Å². The first-order chi connectivity index (χ1) is 13.7. The number of hydrogen-bond acceptors (Lipinski definition) is 2. The molecule has 2 aliphatic heterocycles. The molecule has 148 valence electrons. The van der Waals surface area contributed by atoms with E-state index in [1.165, 1.54) is 12.0 Å². The van der Waals surface area contributed by atoms with Crippen molar-refractivity contribution in [2.75, 3.05) is 13.2 Å². The number of aliphatic hydroxyl groups is 1. The molecular weight excluding hydrogens is 348 g/mol. The van der Waals surface area contributed by atoms with Crippen molar-refractivity contribution < 1.29 is 9.90 Å². The van der Waals surface area contributed by atoms with Crippen molar-refractivity contribution in [3.8, 4) is 0 Å². The largest absolute Gasteiger partial charge is 0.396 e. The van der Waals surface area contributed by atoms with Gasteiger partial charge in [0.25, 0.3) is 0 Å². The van der Waals surface area contributed by atoms with E-state index in [1.54, 1.807) is 0 Å². The van der Waals surface area contributed by atoms with Crippen molar-refractivity contribution in [3.63, 3.8) is 0 Å². The van der Waals surface area contributed by atoms with Gasteiger partial charge in [-0.05, 0) is 49.1 Å². The number of fused-ring (bicyclic) bond motifs is 3. The minimum atomic E-state index is -0.0121. The molecule has 2 N–H and O–H groups in total. The average Bonchev–Trinajstić information content (AvgIpc) is 2.78. The molecular formula is C24H30N2O2. The highest BCUT2D eigenvalue weighted by Crippen LogP contribution is 2.39. The zero-order valence-corrected chi connectivity index (χ0v) is 16.3. The summed E-state index contributed by atoms with van der Waals surface area (Å²) in [6, 6.07) is 20.9. The molecule has 1 aliphatic carbocycles. The van der Waals surface area contributed by atoms with Gasteiger partial charge < -0.3 is 15.3 Å². The molecule has 5 rings (SSSR count). The molecule has 2 aromatic rings. The molecule has 3 fully saturated rings. The standard InChI is InChI=1S/C24H30N2O2/c27-17-21-15-19-12-14-23(21)26(16-19)24(28)25-22(20-9-5-2-6-10-20)13-11-18-7-3-1-4-8-18/h1-10,19,21-23,27H,11-17H2,(H,25,28). The van der Waals surface area contributed by atoms with Gasteiger partial charge in [0.15, 0.2) is 0 Å². The maximum atomic E-state index is 13.2. The Morgan fingerprint density at radius 3 is 2.46 bits per heavy atom. The van der Waals surface area contributed by atoms with E-state index in [1.807, 2.05) is 29.2 Å². The molecule has 4 atom stereocenters. The van der Waals surface area contributed by atoms with Gasteiger partial charge in [-0.15, -0.1) is 0 Å². The van der Waals surface area contributed by atoms with Gasteiger partial charge in [0, 0.05) is 25.1 Å². The van der Waals surface area contributed by atoms with Crippen LogP contribution in [0, 0.1) is 11.8 Å². The molecule has 0 spiro atoms. The van der Waals surface area contributed by atoms with Crippen LogP contribution >= 0.6 is 0 Å². The minimum absolute atomic E-state index is 0.0121. The normalized spacial score (nSPS) is 24.8. The highest BCUT2D eigenvalue weighted by atomic mass is 16.3. The van der Waals surface area contributed by atoms with Crippen LogP contribution in [-0.2, 0) is 6.42 Å². The summed E-state index contributed by atoms with van der Waals surface area (Å²) in [7, 11) is 0. The fraction of sp³-hybridized carbons (Fsp3) is 0.458. The molecule has 2 amide bonds. The molecule has 3 aliphatic rings. The second kappa shape index (κ2) is 8.78. The van der Waals surface area contributed by atoms with Crippen molar-refractivity contribution in [3.05, 3.63) is 71.8 Å². The molecule has 28 heavy (non-hydrogen) atoms. The SMILES string of the molecule is O=C(NC(CCc1ccccc1)c1ccccc1)N1CC2CCC1C(CO)C2. The number of aryl methyl sites for hydroxylation is 1.